The van der Waals surface area contributed by atoms with E-state index in [4.69, 9.17) is 16.3 Å². The lowest BCUT2D eigenvalue weighted by Gasteiger charge is -2.35. The van der Waals surface area contributed by atoms with Crippen LogP contribution in [0.2, 0.25) is 0 Å². The Morgan fingerprint density at radius 1 is 1.18 bits per heavy atom. The van der Waals surface area contributed by atoms with Gasteiger partial charge in [0.2, 0.25) is 0 Å². The number of hydrogen-bond acceptors (Lipinski definition) is 1. The summed E-state index contributed by atoms with van der Waals surface area (Å²) in [5.41, 5.74) is 0. The Morgan fingerprint density at radius 2 is 1.88 bits per heavy atom. The molecule has 1 rings (SSSR count). The minimum absolute atomic E-state index is 0.382. The van der Waals surface area contributed by atoms with Gasteiger partial charge in [0.15, 0.2) is 0 Å². The van der Waals surface area contributed by atoms with E-state index in [-0.39, 0.29) is 0 Å². The van der Waals surface area contributed by atoms with Crippen molar-refractivity contribution in [3.63, 3.8) is 0 Å². The van der Waals surface area contributed by atoms with Crippen LogP contribution >= 0.6 is 11.6 Å². The molecule has 2 heteroatoms. The van der Waals surface area contributed by atoms with Gasteiger partial charge in [-0.3, -0.25) is 0 Å². The maximum atomic E-state index is 6.44. The van der Waals surface area contributed by atoms with Crippen LogP contribution in [0.4, 0.5) is 0 Å². The minimum atomic E-state index is 0.382. The van der Waals surface area contributed by atoms with Crippen LogP contribution in [0, 0.1) is 23.7 Å². The van der Waals surface area contributed by atoms with Gasteiger partial charge >= 0.3 is 0 Å². The average Bonchev–Trinajstić information content (AvgIpc) is 2.25. The fourth-order valence-electron chi connectivity index (χ4n) is 2.72. The van der Waals surface area contributed by atoms with Crippen LogP contribution in [0.3, 0.4) is 0 Å². The minimum Gasteiger partial charge on any atom is -0.381 e. The number of hydrogen-bond donors (Lipinski definition) is 0. The Kier molecular flexibility index (Phi) is 6.87. The normalized spacial score (nSPS) is 30.2. The summed E-state index contributed by atoms with van der Waals surface area (Å²) in [6.45, 7) is 10.8. The average molecular weight is 261 g/mol. The van der Waals surface area contributed by atoms with E-state index in [1.165, 1.54) is 19.3 Å². The van der Waals surface area contributed by atoms with Crippen molar-refractivity contribution in [1.29, 1.82) is 0 Å². The molecule has 1 saturated carbocycles. The van der Waals surface area contributed by atoms with Gasteiger partial charge in [0.05, 0.1) is 0 Å². The molecule has 102 valence electrons. The van der Waals surface area contributed by atoms with Crippen molar-refractivity contribution in [3.8, 4) is 0 Å². The summed E-state index contributed by atoms with van der Waals surface area (Å²) in [5.74, 6) is 2.99. The lowest BCUT2D eigenvalue weighted by atomic mass is 9.75. The van der Waals surface area contributed by atoms with Gasteiger partial charge in [-0.05, 0) is 49.4 Å². The second-order valence-corrected chi connectivity index (χ2v) is 6.91. The van der Waals surface area contributed by atoms with Gasteiger partial charge in [-0.2, -0.15) is 0 Å². The molecule has 0 spiro atoms. The highest BCUT2D eigenvalue weighted by Gasteiger charge is 2.30. The Balaban J connectivity index is 2.25. The highest BCUT2D eigenvalue weighted by atomic mass is 35.5. The van der Waals surface area contributed by atoms with Crippen molar-refractivity contribution < 1.29 is 4.74 Å². The maximum Gasteiger partial charge on any atom is 0.0488 e. The molecule has 0 heterocycles. The van der Waals surface area contributed by atoms with Gasteiger partial charge in [-0.25, -0.2) is 0 Å². The summed E-state index contributed by atoms with van der Waals surface area (Å²) in [4.78, 5) is 0. The van der Waals surface area contributed by atoms with Gasteiger partial charge < -0.3 is 4.74 Å². The molecule has 3 atom stereocenters. The van der Waals surface area contributed by atoms with Gasteiger partial charge in [0.25, 0.3) is 0 Å². The summed E-state index contributed by atoms with van der Waals surface area (Å²) >= 11 is 6.44. The molecular weight excluding hydrogens is 232 g/mol. The molecule has 0 radical (unpaired) electrons. The molecule has 0 bridgehead atoms. The van der Waals surface area contributed by atoms with E-state index >= 15 is 0 Å². The molecule has 0 aliphatic heterocycles. The standard InChI is InChI=1S/C15H29ClO/c1-11(2)10-17-8-7-14-9-13(12(3)4)5-6-15(14)16/h11-15H,5-10H2,1-4H3. The molecule has 0 aromatic rings. The number of alkyl halides is 1. The Bertz CT molecular complexity index is 203. The predicted molar refractivity (Wildman–Crippen MR) is 75.6 cm³/mol. The fraction of sp³-hybridized carbons (Fsp3) is 1.00. The second kappa shape index (κ2) is 7.63. The van der Waals surface area contributed by atoms with Crippen LogP contribution in [0.1, 0.15) is 53.4 Å². The monoisotopic (exact) mass is 260 g/mol. The number of ether oxygens (including phenoxy) is 1. The number of halogens is 1. The lowest BCUT2D eigenvalue weighted by molar-refractivity contribution is 0.0865. The van der Waals surface area contributed by atoms with E-state index in [0.717, 1.165) is 31.5 Å². The third-order valence-corrected chi connectivity index (χ3v) is 4.53. The zero-order valence-electron chi connectivity index (χ0n) is 11.9. The van der Waals surface area contributed by atoms with Crippen molar-refractivity contribution in [3.05, 3.63) is 0 Å². The zero-order valence-corrected chi connectivity index (χ0v) is 12.7. The SMILES string of the molecule is CC(C)COCCC1CC(C(C)C)CCC1Cl. The van der Waals surface area contributed by atoms with E-state index < -0.39 is 0 Å². The molecule has 1 nitrogen and oxygen atoms in total. The van der Waals surface area contributed by atoms with Crippen molar-refractivity contribution in [2.45, 2.75) is 58.8 Å². The first kappa shape index (κ1) is 15.3. The van der Waals surface area contributed by atoms with Crippen LogP contribution in [0.25, 0.3) is 0 Å². The van der Waals surface area contributed by atoms with Crippen LogP contribution in [-0.2, 0) is 4.74 Å². The topological polar surface area (TPSA) is 9.23 Å². The lowest BCUT2D eigenvalue weighted by Crippen LogP contribution is -2.29. The molecule has 1 fully saturated rings. The van der Waals surface area contributed by atoms with Crippen molar-refractivity contribution in [2.24, 2.45) is 23.7 Å². The second-order valence-electron chi connectivity index (χ2n) is 6.35. The molecule has 17 heavy (non-hydrogen) atoms. The van der Waals surface area contributed by atoms with E-state index in [1.54, 1.807) is 0 Å². The summed E-state index contributed by atoms with van der Waals surface area (Å²) in [6, 6.07) is 0. The molecule has 3 unspecified atom stereocenters. The quantitative estimate of drug-likeness (QED) is 0.496. The first-order chi connectivity index (χ1) is 8.00. The zero-order chi connectivity index (χ0) is 12.8. The van der Waals surface area contributed by atoms with Crippen LogP contribution in [0.5, 0.6) is 0 Å². The van der Waals surface area contributed by atoms with Crippen molar-refractivity contribution in [2.75, 3.05) is 13.2 Å². The number of rotatable bonds is 6. The molecule has 1 aliphatic rings. The van der Waals surface area contributed by atoms with E-state index in [0.29, 0.717) is 17.2 Å². The van der Waals surface area contributed by atoms with Gasteiger partial charge in [0.1, 0.15) is 0 Å². The first-order valence-electron chi connectivity index (χ1n) is 7.22. The highest BCUT2D eigenvalue weighted by molar-refractivity contribution is 6.20. The van der Waals surface area contributed by atoms with Gasteiger partial charge in [-0.1, -0.05) is 27.7 Å². The van der Waals surface area contributed by atoms with Gasteiger partial charge in [0, 0.05) is 18.6 Å². The Labute approximate surface area is 112 Å². The smallest absolute Gasteiger partial charge is 0.0488 e. The molecule has 0 amide bonds. The third kappa shape index (κ3) is 5.61. The summed E-state index contributed by atoms with van der Waals surface area (Å²) < 4.78 is 5.68. The molecule has 0 aromatic heterocycles. The predicted octanol–water partition coefficient (Wildman–Crippen LogP) is 4.73. The highest BCUT2D eigenvalue weighted by Crippen LogP contribution is 2.38. The van der Waals surface area contributed by atoms with E-state index in [2.05, 4.69) is 27.7 Å². The van der Waals surface area contributed by atoms with Crippen LogP contribution < -0.4 is 0 Å². The van der Waals surface area contributed by atoms with E-state index in [9.17, 15) is 0 Å². The molecule has 0 N–H and O–H groups in total. The molecule has 1 aliphatic carbocycles. The molecular formula is C15H29ClO. The summed E-state index contributed by atoms with van der Waals surface area (Å²) in [7, 11) is 0. The van der Waals surface area contributed by atoms with Crippen LogP contribution in [-0.4, -0.2) is 18.6 Å². The molecule has 0 aromatic carbocycles. The largest absolute Gasteiger partial charge is 0.381 e. The van der Waals surface area contributed by atoms with Crippen molar-refractivity contribution in [1.82, 2.24) is 0 Å². The summed E-state index contributed by atoms with van der Waals surface area (Å²) in [6.07, 6.45) is 4.95. The summed E-state index contributed by atoms with van der Waals surface area (Å²) in [5, 5.41) is 0.382. The molecule has 0 saturated heterocycles. The fourth-order valence-corrected chi connectivity index (χ4v) is 3.08. The van der Waals surface area contributed by atoms with Gasteiger partial charge in [-0.15, -0.1) is 11.6 Å². The van der Waals surface area contributed by atoms with Crippen molar-refractivity contribution >= 4 is 11.6 Å². The maximum absolute atomic E-state index is 6.44. The van der Waals surface area contributed by atoms with E-state index in [1.807, 2.05) is 0 Å². The Hall–Kier alpha value is 0.250. The van der Waals surface area contributed by atoms with Crippen LogP contribution in [0.15, 0.2) is 0 Å². The first-order valence-corrected chi connectivity index (χ1v) is 7.66. The third-order valence-electron chi connectivity index (χ3n) is 3.96. The Morgan fingerprint density at radius 3 is 2.47 bits per heavy atom.